The Hall–Kier alpha value is -2.31. The number of H-pyrrole nitrogens is 1. The number of benzene rings is 1. The van der Waals surface area contributed by atoms with Crippen molar-refractivity contribution in [3.63, 3.8) is 0 Å². The van der Waals surface area contributed by atoms with Crippen LogP contribution >= 0.6 is 0 Å². The third-order valence-electron chi connectivity index (χ3n) is 3.14. The van der Waals surface area contributed by atoms with Gasteiger partial charge in [-0.3, -0.25) is 4.79 Å². The molecule has 0 radical (unpaired) electrons. The molecule has 1 heterocycles. The first-order valence-electron chi connectivity index (χ1n) is 6.79. The van der Waals surface area contributed by atoms with Gasteiger partial charge in [-0.1, -0.05) is 18.2 Å². The molecule has 0 spiro atoms. The van der Waals surface area contributed by atoms with E-state index in [0.717, 1.165) is 6.07 Å². The van der Waals surface area contributed by atoms with Crippen molar-refractivity contribution in [2.75, 3.05) is 0 Å². The molecule has 1 aromatic heterocycles. The second-order valence-corrected chi connectivity index (χ2v) is 5.04. The SMILES string of the molecule is CC(Cc1ccccc1C(F)(F)F)NC(=O)Cc1ncc[nH]1. The van der Waals surface area contributed by atoms with Gasteiger partial charge in [0.1, 0.15) is 5.82 Å². The summed E-state index contributed by atoms with van der Waals surface area (Å²) in [4.78, 5) is 18.5. The van der Waals surface area contributed by atoms with Gasteiger partial charge in [0.2, 0.25) is 5.91 Å². The Morgan fingerprint density at radius 1 is 1.36 bits per heavy atom. The summed E-state index contributed by atoms with van der Waals surface area (Å²) < 4.78 is 38.7. The number of nitrogens with one attached hydrogen (secondary N) is 2. The lowest BCUT2D eigenvalue weighted by Gasteiger charge is -2.17. The van der Waals surface area contributed by atoms with Crippen LogP contribution in [-0.2, 0) is 23.8 Å². The van der Waals surface area contributed by atoms with Gasteiger partial charge < -0.3 is 10.3 Å². The molecule has 2 aromatic rings. The van der Waals surface area contributed by atoms with Crippen LogP contribution in [0.4, 0.5) is 13.2 Å². The number of rotatable bonds is 5. The van der Waals surface area contributed by atoms with Gasteiger partial charge in [-0.05, 0) is 25.0 Å². The average molecular weight is 311 g/mol. The minimum absolute atomic E-state index is 0.0677. The lowest BCUT2D eigenvalue weighted by molar-refractivity contribution is -0.138. The number of halogens is 3. The Morgan fingerprint density at radius 3 is 2.73 bits per heavy atom. The van der Waals surface area contributed by atoms with Crippen LogP contribution < -0.4 is 5.32 Å². The standard InChI is InChI=1S/C15H16F3N3O/c1-10(21-14(22)9-13-19-6-7-20-13)8-11-4-2-3-5-12(11)15(16,17)18/h2-7,10H,8-9H2,1H3,(H,19,20)(H,21,22). The normalized spacial score (nSPS) is 12.9. The van der Waals surface area contributed by atoms with Crippen LogP contribution in [0.2, 0.25) is 0 Å². The van der Waals surface area contributed by atoms with Crippen LogP contribution in [-0.4, -0.2) is 21.9 Å². The lowest BCUT2D eigenvalue weighted by Crippen LogP contribution is -2.35. The number of hydrogen-bond donors (Lipinski definition) is 2. The van der Waals surface area contributed by atoms with E-state index in [-0.39, 0.29) is 24.3 Å². The largest absolute Gasteiger partial charge is 0.416 e. The first kappa shape index (κ1) is 16.1. The fourth-order valence-electron chi connectivity index (χ4n) is 2.23. The number of imidazole rings is 1. The molecule has 1 aromatic carbocycles. The quantitative estimate of drug-likeness (QED) is 0.892. The van der Waals surface area contributed by atoms with Gasteiger partial charge in [0.05, 0.1) is 12.0 Å². The van der Waals surface area contributed by atoms with E-state index in [9.17, 15) is 18.0 Å². The van der Waals surface area contributed by atoms with E-state index in [4.69, 9.17) is 0 Å². The van der Waals surface area contributed by atoms with E-state index in [2.05, 4.69) is 15.3 Å². The van der Waals surface area contributed by atoms with Crippen LogP contribution in [0.5, 0.6) is 0 Å². The van der Waals surface area contributed by atoms with Gasteiger partial charge >= 0.3 is 6.18 Å². The minimum atomic E-state index is -4.39. The maximum absolute atomic E-state index is 12.9. The zero-order valence-electron chi connectivity index (χ0n) is 11.9. The molecule has 2 rings (SSSR count). The first-order chi connectivity index (χ1) is 10.4. The van der Waals surface area contributed by atoms with Crippen molar-refractivity contribution in [1.82, 2.24) is 15.3 Å². The number of carbonyl (C=O) groups excluding carboxylic acids is 1. The van der Waals surface area contributed by atoms with Crippen LogP contribution in [0.25, 0.3) is 0 Å². The molecule has 0 aliphatic rings. The van der Waals surface area contributed by atoms with Crippen LogP contribution in [0, 0.1) is 0 Å². The van der Waals surface area contributed by atoms with E-state index in [1.54, 1.807) is 19.2 Å². The van der Waals surface area contributed by atoms with Gasteiger partial charge in [0.15, 0.2) is 0 Å². The monoisotopic (exact) mass is 311 g/mol. The summed E-state index contributed by atoms with van der Waals surface area (Å²) in [5, 5.41) is 2.68. The summed E-state index contributed by atoms with van der Waals surface area (Å²) in [6.07, 6.45) is -1.08. The topological polar surface area (TPSA) is 57.8 Å². The molecule has 0 fully saturated rings. The molecule has 2 N–H and O–H groups in total. The Bertz CT molecular complexity index is 623. The second-order valence-electron chi connectivity index (χ2n) is 5.04. The maximum atomic E-state index is 12.9. The van der Waals surface area contributed by atoms with Crippen LogP contribution in [0.3, 0.4) is 0 Å². The number of amides is 1. The van der Waals surface area contributed by atoms with Crippen molar-refractivity contribution in [3.05, 3.63) is 53.6 Å². The fourth-order valence-corrected chi connectivity index (χ4v) is 2.23. The van der Waals surface area contributed by atoms with Crippen LogP contribution in [0.15, 0.2) is 36.7 Å². The highest BCUT2D eigenvalue weighted by atomic mass is 19.4. The van der Waals surface area contributed by atoms with Crippen molar-refractivity contribution >= 4 is 5.91 Å². The van der Waals surface area contributed by atoms with E-state index >= 15 is 0 Å². The molecule has 7 heteroatoms. The summed E-state index contributed by atoms with van der Waals surface area (Å²) in [5.41, 5.74) is -0.497. The first-order valence-corrected chi connectivity index (χ1v) is 6.79. The molecule has 1 amide bonds. The molecule has 1 unspecified atom stereocenters. The van der Waals surface area contributed by atoms with E-state index < -0.39 is 17.8 Å². The molecule has 22 heavy (non-hydrogen) atoms. The molecule has 0 saturated heterocycles. The van der Waals surface area contributed by atoms with Crippen molar-refractivity contribution in [2.45, 2.75) is 32.0 Å². The third kappa shape index (κ3) is 4.34. The molecular weight excluding hydrogens is 295 g/mol. The number of carbonyl (C=O) groups is 1. The van der Waals surface area contributed by atoms with Gasteiger partial charge in [0, 0.05) is 18.4 Å². The number of alkyl halides is 3. The summed E-state index contributed by atoms with van der Waals surface area (Å²) in [6, 6.07) is 4.98. The van der Waals surface area contributed by atoms with Gasteiger partial charge in [-0.15, -0.1) is 0 Å². The average Bonchev–Trinajstić information content (AvgIpc) is 2.90. The molecule has 4 nitrogen and oxygen atoms in total. The minimum Gasteiger partial charge on any atom is -0.353 e. The van der Waals surface area contributed by atoms with Crippen molar-refractivity contribution < 1.29 is 18.0 Å². The lowest BCUT2D eigenvalue weighted by atomic mass is 10.0. The molecule has 0 aliphatic carbocycles. The predicted molar refractivity (Wildman–Crippen MR) is 75.0 cm³/mol. The summed E-state index contributed by atoms with van der Waals surface area (Å²) in [7, 11) is 0. The maximum Gasteiger partial charge on any atom is 0.416 e. The molecule has 0 saturated carbocycles. The summed E-state index contributed by atoms with van der Waals surface area (Å²) >= 11 is 0. The molecule has 0 bridgehead atoms. The molecule has 118 valence electrons. The Labute approximate surface area is 125 Å². The Kier molecular flexibility index (Phi) is 4.85. The fraction of sp³-hybridized carbons (Fsp3) is 0.333. The van der Waals surface area contributed by atoms with E-state index in [0.29, 0.717) is 5.82 Å². The van der Waals surface area contributed by atoms with Gasteiger partial charge in [-0.2, -0.15) is 13.2 Å². The molecule has 0 aliphatic heterocycles. The van der Waals surface area contributed by atoms with Crippen molar-refractivity contribution in [1.29, 1.82) is 0 Å². The van der Waals surface area contributed by atoms with Gasteiger partial charge in [-0.25, -0.2) is 4.98 Å². The Morgan fingerprint density at radius 2 is 2.09 bits per heavy atom. The van der Waals surface area contributed by atoms with Crippen molar-refractivity contribution in [2.24, 2.45) is 0 Å². The van der Waals surface area contributed by atoms with Gasteiger partial charge in [0.25, 0.3) is 0 Å². The zero-order valence-corrected chi connectivity index (χ0v) is 11.9. The van der Waals surface area contributed by atoms with E-state index in [1.807, 2.05) is 0 Å². The predicted octanol–water partition coefficient (Wildman–Crippen LogP) is 2.72. The summed E-state index contributed by atoms with van der Waals surface area (Å²) in [6.45, 7) is 1.67. The van der Waals surface area contributed by atoms with Crippen LogP contribution in [0.1, 0.15) is 23.9 Å². The summed E-state index contributed by atoms with van der Waals surface area (Å²) in [5.74, 6) is 0.229. The molecular formula is C15H16F3N3O. The second kappa shape index (κ2) is 6.64. The number of hydrogen-bond acceptors (Lipinski definition) is 2. The highest BCUT2D eigenvalue weighted by Gasteiger charge is 2.33. The number of aromatic amines is 1. The van der Waals surface area contributed by atoms with E-state index in [1.165, 1.54) is 18.3 Å². The number of nitrogens with zero attached hydrogens (tertiary/aromatic N) is 1. The highest BCUT2D eigenvalue weighted by molar-refractivity contribution is 5.78. The Balaban J connectivity index is 1.97. The zero-order chi connectivity index (χ0) is 16.2. The number of aromatic nitrogens is 2. The third-order valence-corrected chi connectivity index (χ3v) is 3.14. The molecule has 1 atom stereocenters. The van der Waals surface area contributed by atoms with Crippen molar-refractivity contribution in [3.8, 4) is 0 Å². The smallest absolute Gasteiger partial charge is 0.353 e. The highest BCUT2D eigenvalue weighted by Crippen LogP contribution is 2.32.